The zero-order chi connectivity index (χ0) is 13.5. The summed E-state index contributed by atoms with van der Waals surface area (Å²) in [7, 11) is 0. The number of ether oxygens (including phenoxy) is 1. The highest BCUT2D eigenvalue weighted by molar-refractivity contribution is 5.02. The van der Waals surface area contributed by atoms with Crippen molar-refractivity contribution in [2.24, 2.45) is 5.92 Å². The third kappa shape index (κ3) is 2.27. The highest BCUT2D eigenvalue weighted by Gasteiger charge is 2.42. The molecule has 4 rings (SSSR count). The van der Waals surface area contributed by atoms with Crippen LogP contribution in [0.4, 0.5) is 0 Å². The average Bonchev–Trinajstić information content (AvgIpc) is 3.01. The second kappa shape index (κ2) is 5.11. The summed E-state index contributed by atoms with van der Waals surface area (Å²) in [5.41, 5.74) is 0. The molecular weight excluding hydrogens is 254 g/mol. The van der Waals surface area contributed by atoms with Gasteiger partial charge in [0.25, 0.3) is 0 Å². The molecule has 20 heavy (non-hydrogen) atoms. The van der Waals surface area contributed by atoms with Gasteiger partial charge in [-0.15, -0.1) is 10.2 Å². The van der Waals surface area contributed by atoms with Crippen LogP contribution in [0.5, 0.6) is 0 Å². The Balaban J connectivity index is 1.51. The molecule has 0 unspecified atom stereocenters. The maximum atomic E-state index is 5.95. The Kier molecular flexibility index (Phi) is 3.27. The van der Waals surface area contributed by atoms with Gasteiger partial charge in [-0.25, -0.2) is 0 Å². The zero-order valence-corrected chi connectivity index (χ0v) is 12.1. The molecule has 3 fully saturated rings. The number of aromatic nitrogens is 2. The molecule has 5 heteroatoms. The molecule has 2 saturated heterocycles. The van der Waals surface area contributed by atoms with Gasteiger partial charge >= 0.3 is 0 Å². The molecule has 1 aliphatic carbocycles. The summed E-state index contributed by atoms with van der Waals surface area (Å²) in [6.45, 7) is 5.06. The highest BCUT2D eigenvalue weighted by Crippen LogP contribution is 2.38. The Bertz CT molecular complexity index is 471. The third-order valence-corrected chi connectivity index (χ3v) is 5.22. The Morgan fingerprint density at radius 3 is 2.85 bits per heavy atom. The van der Waals surface area contributed by atoms with Crippen LogP contribution in [-0.2, 0) is 4.74 Å². The van der Waals surface area contributed by atoms with E-state index in [1.54, 1.807) is 0 Å². The summed E-state index contributed by atoms with van der Waals surface area (Å²) in [6, 6.07) is 0.621. The van der Waals surface area contributed by atoms with Crippen LogP contribution in [0.2, 0.25) is 0 Å². The molecule has 1 aromatic rings. The number of likely N-dealkylation sites (tertiary alicyclic amines) is 1. The van der Waals surface area contributed by atoms with Crippen molar-refractivity contribution < 1.29 is 9.15 Å². The Morgan fingerprint density at radius 2 is 2.15 bits per heavy atom. The quantitative estimate of drug-likeness (QED) is 0.847. The Labute approximate surface area is 119 Å². The van der Waals surface area contributed by atoms with E-state index in [4.69, 9.17) is 9.15 Å². The predicted molar refractivity (Wildman–Crippen MR) is 73.5 cm³/mol. The minimum Gasteiger partial charge on any atom is -0.425 e. The number of hydrogen-bond donors (Lipinski definition) is 0. The molecule has 0 bridgehead atoms. The van der Waals surface area contributed by atoms with Gasteiger partial charge in [-0.2, -0.15) is 0 Å². The van der Waals surface area contributed by atoms with E-state index in [9.17, 15) is 0 Å². The fraction of sp³-hybridized carbons (Fsp3) is 0.867. The SMILES string of the molecule is Cc1nnc([C@@H]2C[C@@H]3OCC[C@@H]3N(CC3CCC3)C2)o1. The lowest BCUT2D eigenvalue weighted by Gasteiger charge is -2.42. The van der Waals surface area contributed by atoms with E-state index < -0.39 is 0 Å². The van der Waals surface area contributed by atoms with Crippen LogP contribution in [0.1, 0.15) is 49.8 Å². The van der Waals surface area contributed by atoms with Crippen LogP contribution in [0.15, 0.2) is 4.42 Å². The van der Waals surface area contributed by atoms with Gasteiger partial charge in [-0.3, -0.25) is 4.90 Å². The van der Waals surface area contributed by atoms with Crippen LogP contribution in [0.25, 0.3) is 0 Å². The first-order chi connectivity index (χ1) is 9.79. The van der Waals surface area contributed by atoms with Gasteiger partial charge < -0.3 is 9.15 Å². The zero-order valence-electron chi connectivity index (χ0n) is 12.1. The van der Waals surface area contributed by atoms with Crippen molar-refractivity contribution in [3.05, 3.63) is 11.8 Å². The monoisotopic (exact) mass is 277 g/mol. The number of rotatable bonds is 3. The van der Waals surface area contributed by atoms with E-state index in [0.29, 0.717) is 24.0 Å². The standard InChI is InChI=1S/C15H23N3O2/c1-10-16-17-15(20-10)12-7-14-13(5-6-19-14)18(9-12)8-11-3-2-4-11/h11-14H,2-9H2,1H3/t12-,13+,14+/m1/s1. The van der Waals surface area contributed by atoms with Crippen LogP contribution >= 0.6 is 0 Å². The number of hydrogen-bond acceptors (Lipinski definition) is 5. The van der Waals surface area contributed by atoms with Gasteiger partial charge in [0.05, 0.1) is 12.0 Å². The summed E-state index contributed by atoms with van der Waals surface area (Å²) >= 11 is 0. The van der Waals surface area contributed by atoms with E-state index in [-0.39, 0.29) is 0 Å². The molecule has 0 amide bonds. The van der Waals surface area contributed by atoms with Crippen molar-refractivity contribution in [1.29, 1.82) is 0 Å². The minimum atomic E-state index is 0.343. The van der Waals surface area contributed by atoms with Gasteiger partial charge in [-0.1, -0.05) is 6.42 Å². The fourth-order valence-electron chi connectivity index (χ4n) is 3.93. The molecule has 110 valence electrons. The number of aryl methyl sites for hydroxylation is 1. The van der Waals surface area contributed by atoms with Gasteiger partial charge in [0.1, 0.15) is 0 Å². The number of nitrogens with zero attached hydrogens (tertiary/aromatic N) is 3. The van der Waals surface area contributed by atoms with E-state index in [1.165, 1.54) is 32.2 Å². The second-order valence-corrected chi connectivity index (χ2v) is 6.61. The molecule has 1 aromatic heterocycles. The summed E-state index contributed by atoms with van der Waals surface area (Å²) in [5, 5.41) is 8.22. The smallest absolute Gasteiger partial charge is 0.220 e. The Morgan fingerprint density at radius 1 is 1.25 bits per heavy atom. The van der Waals surface area contributed by atoms with Crippen molar-refractivity contribution in [1.82, 2.24) is 15.1 Å². The largest absolute Gasteiger partial charge is 0.425 e. The molecule has 0 aromatic carbocycles. The molecule has 3 heterocycles. The molecule has 0 radical (unpaired) electrons. The second-order valence-electron chi connectivity index (χ2n) is 6.61. The lowest BCUT2D eigenvalue weighted by Crippen LogP contribution is -2.50. The molecule has 2 aliphatic heterocycles. The van der Waals surface area contributed by atoms with E-state index >= 15 is 0 Å². The van der Waals surface area contributed by atoms with Crippen LogP contribution in [-0.4, -0.2) is 46.9 Å². The van der Waals surface area contributed by atoms with Gasteiger partial charge in [0.2, 0.25) is 11.8 Å². The molecule has 1 saturated carbocycles. The fourth-order valence-corrected chi connectivity index (χ4v) is 3.93. The van der Waals surface area contributed by atoms with Gasteiger partial charge in [0, 0.05) is 32.7 Å². The summed E-state index contributed by atoms with van der Waals surface area (Å²) in [5.74, 6) is 2.71. The van der Waals surface area contributed by atoms with E-state index in [1.807, 2.05) is 6.92 Å². The summed E-state index contributed by atoms with van der Waals surface area (Å²) in [4.78, 5) is 2.65. The average molecular weight is 277 g/mol. The summed E-state index contributed by atoms with van der Waals surface area (Å²) in [6.07, 6.45) is 6.80. The van der Waals surface area contributed by atoms with E-state index in [0.717, 1.165) is 31.4 Å². The maximum absolute atomic E-state index is 5.95. The first-order valence-corrected chi connectivity index (χ1v) is 7.95. The topological polar surface area (TPSA) is 51.4 Å². The van der Waals surface area contributed by atoms with Crippen LogP contribution < -0.4 is 0 Å². The molecule has 0 spiro atoms. The third-order valence-electron chi connectivity index (χ3n) is 5.22. The molecule has 3 atom stereocenters. The number of fused-ring (bicyclic) bond motifs is 1. The molecule has 0 N–H and O–H groups in total. The van der Waals surface area contributed by atoms with Crippen molar-refractivity contribution >= 4 is 0 Å². The van der Waals surface area contributed by atoms with Gasteiger partial charge in [0.15, 0.2) is 0 Å². The molecular formula is C15H23N3O2. The Hall–Kier alpha value is -0.940. The normalized spacial score (nSPS) is 35.0. The van der Waals surface area contributed by atoms with E-state index in [2.05, 4.69) is 15.1 Å². The van der Waals surface area contributed by atoms with Crippen molar-refractivity contribution in [3.8, 4) is 0 Å². The van der Waals surface area contributed by atoms with Crippen LogP contribution in [0.3, 0.4) is 0 Å². The van der Waals surface area contributed by atoms with Crippen molar-refractivity contribution in [3.63, 3.8) is 0 Å². The first-order valence-electron chi connectivity index (χ1n) is 7.95. The van der Waals surface area contributed by atoms with Crippen LogP contribution in [0, 0.1) is 12.8 Å². The first kappa shape index (κ1) is 12.8. The lowest BCUT2D eigenvalue weighted by atomic mass is 9.82. The maximum Gasteiger partial charge on any atom is 0.220 e. The lowest BCUT2D eigenvalue weighted by molar-refractivity contribution is 0.00109. The van der Waals surface area contributed by atoms with Crippen molar-refractivity contribution in [2.45, 2.75) is 57.1 Å². The highest BCUT2D eigenvalue weighted by atomic mass is 16.5. The molecule has 3 aliphatic rings. The molecule has 5 nitrogen and oxygen atoms in total. The minimum absolute atomic E-state index is 0.343. The predicted octanol–water partition coefficient (Wildman–Crippen LogP) is 2.12. The van der Waals surface area contributed by atoms with Crippen molar-refractivity contribution in [2.75, 3.05) is 19.7 Å². The number of piperidine rings is 1. The van der Waals surface area contributed by atoms with Gasteiger partial charge in [-0.05, 0) is 31.6 Å². The summed E-state index contributed by atoms with van der Waals surface area (Å²) < 4.78 is 11.6.